The van der Waals surface area contributed by atoms with Crippen LogP contribution in [0, 0.1) is 0 Å². The number of halogens is 1. The number of allylic oxidation sites excluding steroid dienone is 1. The first-order valence-electron chi connectivity index (χ1n) is 10.6. The fourth-order valence-corrected chi connectivity index (χ4v) is 3.53. The minimum atomic E-state index is -0.401. The van der Waals surface area contributed by atoms with Gasteiger partial charge in [0.15, 0.2) is 11.5 Å². The number of nitrogens with zero attached hydrogens (tertiary/aromatic N) is 1. The van der Waals surface area contributed by atoms with Crippen LogP contribution >= 0.6 is 11.6 Å². The van der Waals surface area contributed by atoms with Crippen molar-refractivity contribution in [3.05, 3.63) is 76.5 Å². The van der Waals surface area contributed by atoms with Gasteiger partial charge in [-0.05, 0) is 61.2 Å². The highest BCUT2D eigenvalue weighted by Gasteiger charge is 2.32. The van der Waals surface area contributed by atoms with Crippen molar-refractivity contribution in [1.82, 2.24) is 10.2 Å². The van der Waals surface area contributed by atoms with Gasteiger partial charge in [-0.3, -0.25) is 9.69 Å². The number of carbonyl (C=O) groups excluding carboxylic acids is 2. The minimum Gasteiger partial charge on any atom is -0.490 e. The van der Waals surface area contributed by atoms with Crippen LogP contribution in [0.1, 0.15) is 37.0 Å². The zero-order valence-electron chi connectivity index (χ0n) is 18.3. The Morgan fingerprint density at radius 2 is 1.88 bits per heavy atom. The van der Waals surface area contributed by atoms with Crippen LogP contribution in [0.15, 0.2) is 54.8 Å². The Labute approximate surface area is 193 Å². The van der Waals surface area contributed by atoms with E-state index >= 15 is 0 Å². The van der Waals surface area contributed by atoms with Gasteiger partial charge in [-0.1, -0.05) is 36.7 Å². The highest BCUT2D eigenvalue weighted by atomic mass is 35.5. The number of ether oxygens (including phenoxy) is 2. The predicted octanol–water partition coefficient (Wildman–Crippen LogP) is 5.35. The van der Waals surface area contributed by atoms with Crippen LogP contribution in [0.25, 0.3) is 6.08 Å². The normalized spacial score (nSPS) is 14.6. The number of benzene rings is 2. The molecule has 1 aliphatic heterocycles. The Balaban J connectivity index is 1.93. The van der Waals surface area contributed by atoms with Crippen LogP contribution in [0.5, 0.6) is 11.5 Å². The number of nitrogens with one attached hydrogen (secondary N) is 1. The van der Waals surface area contributed by atoms with Gasteiger partial charge in [0, 0.05) is 17.1 Å². The van der Waals surface area contributed by atoms with Gasteiger partial charge < -0.3 is 14.8 Å². The van der Waals surface area contributed by atoms with Gasteiger partial charge in [0.2, 0.25) is 0 Å². The molecule has 2 aromatic rings. The summed E-state index contributed by atoms with van der Waals surface area (Å²) in [5.41, 5.74) is 2.81. The summed E-state index contributed by atoms with van der Waals surface area (Å²) in [7, 11) is 0. The first-order valence-corrected chi connectivity index (χ1v) is 11.0. The van der Waals surface area contributed by atoms with Gasteiger partial charge in [-0.15, -0.1) is 6.58 Å². The lowest BCUT2D eigenvalue weighted by molar-refractivity contribution is -0.122. The summed E-state index contributed by atoms with van der Waals surface area (Å²) in [5.74, 6) is 0.858. The molecular weight excluding hydrogens is 428 g/mol. The maximum atomic E-state index is 12.6. The summed E-state index contributed by atoms with van der Waals surface area (Å²) >= 11 is 5.96. The second-order valence-electron chi connectivity index (χ2n) is 7.29. The second kappa shape index (κ2) is 10.9. The van der Waals surface area contributed by atoms with E-state index < -0.39 is 6.03 Å². The highest BCUT2D eigenvalue weighted by Crippen LogP contribution is 2.35. The Morgan fingerprint density at radius 3 is 2.53 bits per heavy atom. The Morgan fingerprint density at radius 1 is 1.12 bits per heavy atom. The molecular formula is C25H27ClN2O4. The number of amides is 3. The summed E-state index contributed by atoms with van der Waals surface area (Å²) in [6.07, 6.45) is 4.69. The van der Waals surface area contributed by atoms with E-state index in [-0.39, 0.29) is 11.6 Å². The summed E-state index contributed by atoms with van der Waals surface area (Å²) in [6.45, 7) is 8.83. The van der Waals surface area contributed by atoms with E-state index in [0.717, 1.165) is 16.7 Å². The average Bonchev–Trinajstić information content (AvgIpc) is 3.02. The molecule has 0 aliphatic carbocycles. The maximum absolute atomic E-state index is 12.6. The molecule has 3 amide bonds. The van der Waals surface area contributed by atoms with Crippen molar-refractivity contribution < 1.29 is 19.1 Å². The van der Waals surface area contributed by atoms with E-state index in [1.165, 1.54) is 4.90 Å². The van der Waals surface area contributed by atoms with E-state index in [1.54, 1.807) is 12.2 Å². The predicted molar refractivity (Wildman–Crippen MR) is 126 cm³/mol. The molecule has 1 N–H and O–H groups in total. The minimum absolute atomic E-state index is 0.241. The molecule has 168 valence electrons. The highest BCUT2D eigenvalue weighted by molar-refractivity contribution is 6.30. The van der Waals surface area contributed by atoms with Gasteiger partial charge in [0.25, 0.3) is 5.91 Å². The van der Waals surface area contributed by atoms with Crippen LogP contribution in [-0.4, -0.2) is 30.0 Å². The van der Waals surface area contributed by atoms with Crippen molar-refractivity contribution in [3.63, 3.8) is 0 Å². The second-order valence-corrected chi connectivity index (χ2v) is 7.73. The number of carbonyl (C=O) groups is 2. The fraction of sp³-hybridized carbons (Fsp3) is 0.280. The van der Waals surface area contributed by atoms with Gasteiger partial charge in [0.05, 0.1) is 6.61 Å². The van der Waals surface area contributed by atoms with E-state index in [0.29, 0.717) is 49.1 Å². The lowest BCUT2D eigenvalue weighted by atomic mass is 10.0. The van der Waals surface area contributed by atoms with E-state index in [2.05, 4.69) is 11.9 Å². The van der Waals surface area contributed by atoms with Gasteiger partial charge in [0.1, 0.15) is 12.3 Å². The van der Waals surface area contributed by atoms with Gasteiger partial charge in [-0.2, -0.15) is 0 Å². The van der Waals surface area contributed by atoms with Crippen LogP contribution in [0.3, 0.4) is 0 Å². The van der Waals surface area contributed by atoms with Crippen LogP contribution in [0.4, 0.5) is 4.79 Å². The fourth-order valence-electron chi connectivity index (χ4n) is 3.40. The summed E-state index contributed by atoms with van der Waals surface area (Å²) < 4.78 is 12.0. The average molecular weight is 455 g/mol. The van der Waals surface area contributed by atoms with Crippen LogP contribution in [0.2, 0.25) is 5.02 Å². The maximum Gasteiger partial charge on any atom is 0.329 e. The van der Waals surface area contributed by atoms with Crippen molar-refractivity contribution in [3.8, 4) is 11.5 Å². The van der Waals surface area contributed by atoms with Crippen molar-refractivity contribution >= 4 is 29.6 Å². The topological polar surface area (TPSA) is 67.9 Å². The van der Waals surface area contributed by atoms with Crippen molar-refractivity contribution in [2.24, 2.45) is 0 Å². The van der Waals surface area contributed by atoms with Gasteiger partial charge >= 0.3 is 6.03 Å². The molecule has 7 heteroatoms. The lowest BCUT2D eigenvalue weighted by Crippen LogP contribution is -2.31. The molecule has 0 unspecified atom stereocenters. The number of urea groups is 1. The quantitative estimate of drug-likeness (QED) is 0.298. The molecule has 1 aliphatic rings. The molecule has 32 heavy (non-hydrogen) atoms. The monoisotopic (exact) mass is 454 g/mol. The van der Waals surface area contributed by atoms with Crippen molar-refractivity contribution in [1.29, 1.82) is 0 Å². The molecule has 0 aromatic heterocycles. The van der Waals surface area contributed by atoms with Crippen molar-refractivity contribution in [2.75, 3.05) is 13.2 Å². The van der Waals surface area contributed by atoms with Gasteiger partial charge in [-0.25, -0.2) is 4.79 Å². The smallest absolute Gasteiger partial charge is 0.329 e. The van der Waals surface area contributed by atoms with E-state index in [9.17, 15) is 9.59 Å². The standard InChI is InChI=1S/C25H27ClN2O4/c1-4-7-19-13-18(14-21-24(29)28(12-5-2)25(30)27-21)15-22(31-6-3)23(19)32-16-17-8-10-20(26)11-9-17/h4,8-11,13-15H,1,5-7,12,16H2,2-3H3,(H,27,30)/b21-14+. The molecule has 1 fully saturated rings. The summed E-state index contributed by atoms with van der Waals surface area (Å²) in [4.78, 5) is 25.9. The molecule has 1 heterocycles. The Bertz CT molecular complexity index is 1030. The number of hydrogen-bond donors (Lipinski definition) is 1. The summed E-state index contributed by atoms with van der Waals surface area (Å²) in [6, 6.07) is 10.8. The molecule has 2 aromatic carbocycles. The lowest BCUT2D eigenvalue weighted by Gasteiger charge is -2.17. The third kappa shape index (κ3) is 5.51. The number of rotatable bonds is 10. The third-order valence-electron chi connectivity index (χ3n) is 4.84. The first kappa shape index (κ1) is 23.4. The zero-order chi connectivity index (χ0) is 23.1. The van der Waals surface area contributed by atoms with Crippen LogP contribution < -0.4 is 14.8 Å². The molecule has 0 atom stereocenters. The molecule has 6 nitrogen and oxygen atoms in total. The third-order valence-corrected chi connectivity index (χ3v) is 5.09. The SMILES string of the molecule is C=CCc1cc(/C=C2/NC(=O)N(CCC)C2=O)cc(OCC)c1OCc1ccc(Cl)cc1. The summed E-state index contributed by atoms with van der Waals surface area (Å²) in [5, 5.41) is 3.32. The molecule has 3 rings (SSSR count). The zero-order valence-corrected chi connectivity index (χ0v) is 19.1. The van der Waals surface area contributed by atoms with E-state index in [4.69, 9.17) is 21.1 Å². The number of imide groups is 1. The largest absolute Gasteiger partial charge is 0.490 e. The molecule has 0 radical (unpaired) electrons. The Kier molecular flexibility index (Phi) is 7.95. The number of hydrogen-bond acceptors (Lipinski definition) is 4. The first-order chi connectivity index (χ1) is 15.5. The Hall–Kier alpha value is -3.25. The molecule has 0 bridgehead atoms. The van der Waals surface area contributed by atoms with E-state index in [1.807, 2.05) is 50.2 Å². The molecule has 0 spiro atoms. The molecule has 0 saturated carbocycles. The van der Waals surface area contributed by atoms with Crippen molar-refractivity contribution in [2.45, 2.75) is 33.3 Å². The van der Waals surface area contributed by atoms with Crippen LogP contribution in [-0.2, 0) is 17.8 Å². The molecule has 1 saturated heterocycles.